The first-order chi connectivity index (χ1) is 13.1. The van der Waals surface area contributed by atoms with Crippen molar-refractivity contribution in [1.29, 1.82) is 0 Å². The molecule has 2 heteroatoms. The van der Waals surface area contributed by atoms with Gasteiger partial charge in [-0.15, -0.1) is 0 Å². The van der Waals surface area contributed by atoms with E-state index in [0.717, 1.165) is 0 Å². The van der Waals surface area contributed by atoms with Crippen molar-refractivity contribution in [3.05, 3.63) is 87.5 Å². The Morgan fingerprint density at radius 3 is 1.36 bits per heavy atom. The lowest BCUT2D eigenvalue weighted by molar-refractivity contribution is 0.590. The van der Waals surface area contributed by atoms with Crippen molar-refractivity contribution >= 4 is 39.7 Å². The monoisotopic (exact) mass is 483 g/mol. The molecule has 0 atom stereocenters. The molecule has 3 aromatic rings. The van der Waals surface area contributed by atoms with Gasteiger partial charge in [0.25, 0.3) is 0 Å². The van der Waals surface area contributed by atoms with E-state index >= 15 is 0 Å². The third-order valence-corrected chi connectivity index (χ3v) is 5.72. The number of anilines is 3. The van der Waals surface area contributed by atoms with Crippen molar-refractivity contribution in [3.63, 3.8) is 0 Å². The molecular weight excluding hydrogens is 453 g/mol. The number of hydrogen-bond acceptors (Lipinski definition) is 1. The topological polar surface area (TPSA) is 3.24 Å². The average molecular weight is 483 g/mol. The van der Waals surface area contributed by atoms with Crippen LogP contribution < -0.4 is 4.90 Å². The molecule has 0 saturated carbocycles. The van der Waals surface area contributed by atoms with Gasteiger partial charge in [-0.3, -0.25) is 0 Å². The summed E-state index contributed by atoms with van der Waals surface area (Å²) in [6, 6.07) is 26.6. The van der Waals surface area contributed by atoms with E-state index in [-0.39, 0.29) is 10.8 Å². The summed E-state index contributed by atoms with van der Waals surface area (Å²) in [7, 11) is 0. The van der Waals surface area contributed by atoms with Gasteiger partial charge >= 0.3 is 0 Å². The van der Waals surface area contributed by atoms with E-state index in [9.17, 15) is 0 Å². The smallest absolute Gasteiger partial charge is 0.0472 e. The second-order valence-electron chi connectivity index (χ2n) is 9.41. The van der Waals surface area contributed by atoms with Crippen LogP contribution in [0.4, 0.5) is 17.1 Å². The summed E-state index contributed by atoms with van der Waals surface area (Å²) >= 11 is 2.38. The van der Waals surface area contributed by atoms with Crippen molar-refractivity contribution in [1.82, 2.24) is 0 Å². The molecule has 0 unspecified atom stereocenters. The third-order valence-electron chi connectivity index (χ3n) is 5.05. The van der Waals surface area contributed by atoms with Gasteiger partial charge in [0.1, 0.15) is 0 Å². The highest BCUT2D eigenvalue weighted by Gasteiger charge is 2.18. The Morgan fingerprint density at radius 2 is 1.00 bits per heavy atom. The molecule has 0 aromatic heterocycles. The van der Waals surface area contributed by atoms with Gasteiger partial charge in [0.15, 0.2) is 0 Å². The van der Waals surface area contributed by atoms with E-state index in [0.29, 0.717) is 0 Å². The molecule has 0 amide bonds. The van der Waals surface area contributed by atoms with E-state index in [4.69, 9.17) is 0 Å². The van der Waals surface area contributed by atoms with E-state index in [1.165, 1.54) is 31.8 Å². The van der Waals surface area contributed by atoms with Crippen LogP contribution in [0.5, 0.6) is 0 Å². The molecule has 0 spiro atoms. The van der Waals surface area contributed by atoms with Crippen LogP contribution in [0.25, 0.3) is 0 Å². The minimum Gasteiger partial charge on any atom is -0.310 e. The summed E-state index contributed by atoms with van der Waals surface area (Å²) in [6.45, 7) is 13.5. The molecule has 3 aromatic carbocycles. The third kappa shape index (κ3) is 4.78. The Balaban J connectivity index is 2.08. The number of nitrogens with zero attached hydrogens (tertiary/aromatic N) is 1. The molecule has 0 heterocycles. The maximum atomic E-state index is 2.38. The first-order valence-electron chi connectivity index (χ1n) is 9.82. The van der Waals surface area contributed by atoms with Crippen molar-refractivity contribution in [2.24, 2.45) is 0 Å². The summed E-state index contributed by atoms with van der Waals surface area (Å²) < 4.78 is 1.23. The number of hydrogen-bond donors (Lipinski definition) is 0. The van der Waals surface area contributed by atoms with Crippen LogP contribution in [-0.4, -0.2) is 0 Å². The molecule has 0 N–H and O–H groups in total. The molecule has 0 aliphatic heterocycles. The summed E-state index contributed by atoms with van der Waals surface area (Å²) in [4.78, 5) is 2.33. The van der Waals surface area contributed by atoms with Gasteiger partial charge in [-0.05, 0) is 87.0 Å². The minimum atomic E-state index is 0.153. The van der Waals surface area contributed by atoms with Crippen molar-refractivity contribution < 1.29 is 0 Å². The highest BCUT2D eigenvalue weighted by atomic mass is 127. The van der Waals surface area contributed by atoms with Gasteiger partial charge in [-0.2, -0.15) is 0 Å². The van der Waals surface area contributed by atoms with E-state index < -0.39 is 0 Å². The molecule has 0 bridgehead atoms. The van der Waals surface area contributed by atoms with Crippen LogP contribution >= 0.6 is 22.6 Å². The fraction of sp³-hybridized carbons (Fsp3) is 0.308. The van der Waals surface area contributed by atoms with Gasteiger partial charge in [0, 0.05) is 20.6 Å². The maximum absolute atomic E-state index is 2.38. The molecule has 3 rings (SSSR count). The SMILES string of the molecule is CC(C)(C)c1ccc(N(c2ccc(C(C)(C)C)cc2)c2cccc(I)c2)cc1. The normalized spacial score (nSPS) is 12.1. The molecule has 0 aliphatic rings. The van der Waals surface area contributed by atoms with Gasteiger partial charge in [-0.1, -0.05) is 71.9 Å². The zero-order valence-electron chi connectivity index (χ0n) is 17.8. The average Bonchev–Trinajstić information content (AvgIpc) is 2.61. The van der Waals surface area contributed by atoms with Crippen molar-refractivity contribution in [2.45, 2.75) is 52.4 Å². The fourth-order valence-electron chi connectivity index (χ4n) is 3.28. The van der Waals surface area contributed by atoms with E-state index in [1.807, 2.05) is 0 Å². The Hall–Kier alpha value is -1.81. The molecule has 1 nitrogen and oxygen atoms in total. The summed E-state index contributed by atoms with van der Waals surface area (Å²) in [5, 5.41) is 0. The quantitative estimate of drug-likeness (QED) is 0.339. The molecule has 0 saturated heterocycles. The van der Waals surface area contributed by atoms with E-state index in [1.54, 1.807) is 0 Å². The molecule has 0 fully saturated rings. The van der Waals surface area contributed by atoms with Crippen molar-refractivity contribution in [3.8, 4) is 0 Å². The van der Waals surface area contributed by atoms with Crippen LogP contribution in [0.2, 0.25) is 0 Å². The number of benzene rings is 3. The highest BCUT2D eigenvalue weighted by Crippen LogP contribution is 2.37. The first kappa shape index (κ1) is 20.9. The fourth-order valence-corrected chi connectivity index (χ4v) is 3.81. The molecule has 0 aliphatic carbocycles. The molecule has 0 radical (unpaired) electrons. The zero-order chi connectivity index (χ0) is 20.5. The Labute approximate surface area is 183 Å². The van der Waals surface area contributed by atoms with Gasteiger partial charge in [-0.25, -0.2) is 0 Å². The minimum absolute atomic E-state index is 0.153. The molecular formula is C26H30IN. The number of rotatable bonds is 3. The summed E-state index contributed by atoms with van der Waals surface area (Å²) in [5.41, 5.74) is 6.54. The lowest BCUT2D eigenvalue weighted by Gasteiger charge is -2.28. The van der Waals surface area contributed by atoms with Crippen LogP contribution in [-0.2, 0) is 10.8 Å². The molecule has 28 heavy (non-hydrogen) atoms. The number of halogens is 1. The summed E-state index contributed by atoms with van der Waals surface area (Å²) in [5.74, 6) is 0. The van der Waals surface area contributed by atoms with Crippen LogP contribution in [0.1, 0.15) is 52.7 Å². The first-order valence-corrected chi connectivity index (χ1v) is 10.9. The highest BCUT2D eigenvalue weighted by molar-refractivity contribution is 14.1. The van der Waals surface area contributed by atoms with Crippen LogP contribution in [0.15, 0.2) is 72.8 Å². The van der Waals surface area contributed by atoms with Gasteiger partial charge in [0.2, 0.25) is 0 Å². The zero-order valence-corrected chi connectivity index (χ0v) is 19.9. The second-order valence-corrected chi connectivity index (χ2v) is 10.7. The largest absolute Gasteiger partial charge is 0.310 e. The van der Waals surface area contributed by atoms with Crippen LogP contribution in [0, 0.1) is 3.57 Å². The van der Waals surface area contributed by atoms with Crippen LogP contribution in [0.3, 0.4) is 0 Å². The Kier molecular flexibility index (Phi) is 5.90. The van der Waals surface area contributed by atoms with Gasteiger partial charge in [0.05, 0.1) is 0 Å². The lowest BCUT2D eigenvalue weighted by atomic mass is 9.86. The second kappa shape index (κ2) is 7.90. The standard InChI is InChI=1S/C26H30IN/c1-25(2,3)19-10-14-22(15-11-19)28(24-9-7-8-21(27)18-24)23-16-12-20(13-17-23)26(4,5)6/h7-18H,1-6H3. The summed E-state index contributed by atoms with van der Waals surface area (Å²) in [6.07, 6.45) is 0. The lowest BCUT2D eigenvalue weighted by Crippen LogP contribution is -2.14. The molecule has 146 valence electrons. The Morgan fingerprint density at radius 1 is 0.571 bits per heavy atom. The van der Waals surface area contributed by atoms with Gasteiger partial charge < -0.3 is 4.90 Å². The maximum Gasteiger partial charge on any atom is 0.0472 e. The van der Waals surface area contributed by atoms with E-state index in [2.05, 4.69) is 142 Å². The van der Waals surface area contributed by atoms with Crippen molar-refractivity contribution in [2.75, 3.05) is 4.90 Å². The Bertz CT molecular complexity index is 868. The predicted octanol–water partition coefficient (Wildman–Crippen LogP) is 8.36. The predicted molar refractivity (Wildman–Crippen MR) is 131 cm³/mol.